The summed E-state index contributed by atoms with van der Waals surface area (Å²) < 4.78 is 0. The monoisotopic (exact) mass is 234 g/mol. The van der Waals surface area contributed by atoms with Crippen molar-refractivity contribution in [2.24, 2.45) is 4.99 Å². The molecule has 1 aliphatic heterocycles. The van der Waals surface area contributed by atoms with Crippen molar-refractivity contribution in [1.29, 1.82) is 0 Å². The molecule has 0 bridgehead atoms. The van der Waals surface area contributed by atoms with Crippen molar-refractivity contribution >= 4 is 17.4 Å². The van der Waals surface area contributed by atoms with E-state index in [1.165, 1.54) is 24.2 Å². The third kappa shape index (κ3) is 1.82. The van der Waals surface area contributed by atoms with Crippen LogP contribution in [0.5, 0.6) is 0 Å². The van der Waals surface area contributed by atoms with Crippen molar-refractivity contribution < 1.29 is 0 Å². The lowest BCUT2D eigenvalue weighted by Crippen LogP contribution is -2.23. The standard InChI is InChI=1S/C13H15ClN2/c14-11-3-1-2-10(8-11)13(4-5-13)9-12-15-6-7-16-12/h1-3,8H,4-7,9H2,(H,15,16). The van der Waals surface area contributed by atoms with E-state index in [1.54, 1.807) is 0 Å². The van der Waals surface area contributed by atoms with Crippen LogP contribution in [0.25, 0.3) is 0 Å². The van der Waals surface area contributed by atoms with Gasteiger partial charge in [-0.25, -0.2) is 0 Å². The van der Waals surface area contributed by atoms with Gasteiger partial charge in [-0.15, -0.1) is 0 Å². The summed E-state index contributed by atoms with van der Waals surface area (Å²) in [6.45, 7) is 1.93. The highest BCUT2D eigenvalue weighted by Gasteiger charge is 2.45. The number of hydrogen-bond donors (Lipinski definition) is 1. The second-order valence-corrected chi connectivity index (χ2v) is 5.16. The molecule has 2 nitrogen and oxygen atoms in total. The van der Waals surface area contributed by atoms with E-state index in [0.29, 0.717) is 5.41 Å². The maximum Gasteiger partial charge on any atom is 0.0973 e. The molecule has 84 valence electrons. The lowest BCUT2D eigenvalue weighted by molar-refractivity contribution is 0.718. The maximum absolute atomic E-state index is 6.05. The molecule has 1 saturated carbocycles. The zero-order valence-electron chi connectivity index (χ0n) is 9.17. The van der Waals surface area contributed by atoms with Gasteiger partial charge in [-0.1, -0.05) is 23.7 Å². The van der Waals surface area contributed by atoms with Gasteiger partial charge in [0.15, 0.2) is 0 Å². The van der Waals surface area contributed by atoms with Crippen LogP contribution in [-0.4, -0.2) is 18.9 Å². The molecule has 1 aliphatic carbocycles. The summed E-state index contributed by atoms with van der Waals surface area (Å²) in [5.41, 5.74) is 1.69. The van der Waals surface area contributed by atoms with Crippen LogP contribution in [0.1, 0.15) is 24.8 Å². The van der Waals surface area contributed by atoms with Crippen LogP contribution in [0.15, 0.2) is 29.3 Å². The van der Waals surface area contributed by atoms with Gasteiger partial charge < -0.3 is 5.32 Å². The molecule has 1 fully saturated rings. The molecule has 3 rings (SSSR count). The smallest absolute Gasteiger partial charge is 0.0973 e. The van der Waals surface area contributed by atoms with Crippen LogP contribution >= 0.6 is 11.6 Å². The molecule has 0 spiro atoms. The maximum atomic E-state index is 6.05. The lowest BCUT2D eigenvalue weighted by atomic mass is 9.92. The predicted molar refractivity (Wildman–Crippen MR) is 67.3 cm³/mol. The van der Waals surface area contributed by atoms with E-state index < -0.39 is 0 Å². The summed E-state index contributed by atoms with van der Waals surface area (Å²) in [6.07, 6.45) is 3.56. The predicted octanol–water partition coefficient (Wildman–Crippen LogP) is 2.76. The number of hydrogen-bond acceptors (Lipinski definition) is 2. The highest BCUT2D eigenvalue weighted by Crippen LogP contribution is 2.51. The average molecular weight is 235 g/mol. The molecule has 0 atom stereocenters. The molecular formula is C13H15ClN2. The number of amidine groups is 1. The fourth-order valence-corrected chi connectivity index (χ4v) is 2.61. The highest BCUT2D eigenvalue weighted by atomic mass is 35.5. The molecular weight excluding hydrogens is 220 g/mol. The molecule has 2 aliphatic rings. The van der Waals surface area contributed by atoms with Crippen LogP contribution in [0.2, 0.25) is 5.02 Å². The second-order valence-electron chi connectivity index (χ2n) is 4.72. The van der Waals surface area contributed by atoms with Crippen molar-refractivity contribution in [2.45, 2.75) is 24.7 Å². The first-order valence-electron chi connectivity index (χ1n) is 5.82. The van der Waals surface area contributed by atoms with Gasteiger partial charge in [0, 0.05) is 23.4 Å². The molecule has 0 saturated heterocycles. The van der Waals surface area contributed by atoms with E-state index in [-0.39, 0.29) is 0 Å². The summed E-state index contributed by atoms with van der Waals surface area (Å²) in [4.78, 5) is 4.48. The first-order valence-corrected chi connectivity index (χ1v) is 6.20. The quantitative estimate of drug-likeness (QED) is 0.855. The van der Waals surface area contributed by atoms with E-state index in [2.05, 4.69) is 22.4 Å². The zero-order valence-corrected chi connectivity index (χ0v) is 9.93. The minimum atomic E-state index is 0.321. The number of rotatable bonds is 3. The Balaban J connectivity index is 1.82. The Morgan fingerprint density at radius 1 is 1.38 bits per heavy atom. The first kappa shape index (κ1) is 10.2. The van der Waals surface area contributed by atoms with Gasteiger partial charge >= 0.3 is 0 Å². The van der Waals surface area contributed by atoms with E-state index in [4.69, 9.17) is 11.6 Å². The Hall–Kier alpha value is -1.02. The normalized spacial score (nSPS) is 21.4. The minimum absolute atomic E-state index is 0.321. The third-order valence-corrected chi connectivity index (χ3v) is 3.77. The molecule has 0 radical (unpaired) electrons. The number of nitrogens with one attached hydrogen (secondary N) is 1. The minimum Gasteiger partial charge on any atom is -0.372 e. The molecule has 0 aromatic heterocycles. The van der Waals surface area contributed by atoms with E-state index in [0.717, 1.165) is 24.5 Å². The third-order valence-electron chi connectivity index (χ3n) is 3.54. The Bertz CT molecular complexity index is 435. The Labute approximate surface area is 101 Å². The fourth-order valence-electron chi connectivity index (χ4n) is 2.42. The topological polar surface area (TPSA) is 24.4 Å². The molecule has 3 heteroatoms. The number of nitrogens with zero attached hydrogens (tertiary/aromatic N) is 1. The lowest BCUT2D eigenvalue weighted by Gasteiger charge is -2.16. The van der Waals surface area contributed by atoms with Crippen molar-refractivity contribution in [3.63, 3.8) is 0 Å². The van der Waals surface area contributed by atoms with Gasteiger partial charge in [0.1, 0.15) is 0 Å². The van der Waals surface area contributed by atoms with Crippen molar-refractivity contribution in [3.05, 3.63) is 34.9 Å². The van der Waals surface area contributed by atoms with Crippen molar-refractivity contribution in [2.75, 3.05) is 13.1 Å². The largest absolute Gasteiger partial charge is 0.372 e. The van der Waals surface area contributed by atoms with Gasteiger partial charge in [0.25, 0.3) is 0 Å². The zero-order chi connectivity index (χ0) is 11.0. The van der Waals surface area contributed by atoms with E-state index >= 15 is 0 Å². The van der Waals surface area contributed by atoms with Gasteiger partial charge in [0.2, 0.25) is 0 Å². The molecule has 1 aromatic carbocycles. The van der Waals surface area contributed by atoms with E-state index in [9.17, 15) is 0 Å². The van der Waals surface area contributed by atoms with Gasteiger partial charge in [-0.2, -0.15) is 0 Å². The molecule has 1 heterocycles. The number of aliphatic imine (C=N–C) groups is 1. The van der Waals surface area contributed by atoms with Crippen LogP contribution in [-0.2, 0) is 5.41 Å². The Kier molecular flexibility index (Phi) is 2.40. The van der Waals surface area contributed by atoms with E-state index in [1.807, 2.05) is 12.1 Å². The summed E-state index contributed by atoms with van der Waals surface area (Å²) in [6, 6.07) is 8.27. The summed E-state index contributed by atoms with van der Waals surface area (Å²) in [5, 5.41) is 4.19. The Morgan fingerprint density at radius 3 is 2.88 bits per heavy atom. The summed E-state index contributed by atoms with van der Waals surface area (Å²) in [7, 11) is 0. The summed E-state index contributed by atoms with van der Waals surface area (Å²) in [5.74, 6) is 1.18. The number of benzene rings is 1. The SMILES string of the molecule is Clc1cccc(C2(CC3=NCCN3)CC2)c1. The molecule has 1 N–H and O–H groups in total. The number of halogens is 1. The average Bonchev–Trinajstić information content (AvgIpc) is 2.87. The fraction of sp³-hybridized carbons (Fsp3) is 0.462. The molecule has 0 amide bonds. The molecule has 1 aromatic rings. The highest BCUT2D eigenvalue weighted by molar-refractivity contribution is 6.30. The van der Waals surface area contributed by atoms with Crippen LogP contribution in [0.4, 0.5) is 0 Å². The van der Waals surface area contributed by atoms with Gasteiger partial charge in [0.05, 0.1) is 12.4 Å². The van der Waals surface area contributed by atoms with Crippen LogP contribution < -0.4 is 5.32 Å². The second kappa shape index (κ2) is 3.77. The van der Waals surface area contributed by atoms with Gasteiger partial charge in [-0.05, 0) is 30.5 Å². The molecule has 0 unspecified atom stereocenters. The van der Waals surface area contributed by atoms with Crippen LogP contribution in [0.3, 0.4) is 0 Å². The van der Waals surface area contributed by atoms with Gasteiger partial charge in [-0.3, -0.25) is 4.99 Å². The van der Waals surface area contributed by atoms with Crippen molar-refractivity contribution in [3.8, 4) is 0 Å². The molecule has 16 heavy (non-hydrogen) atoms. The first-order chi connectivity index (χ1) is 7.78. The van der Waals surface area contributed by atoms with Crippen molar-refractivity contribution in [1.82, 2.24) is 5.32 Å². The Morgan fingerprint density at radius 2 is 2.25 bits per heavy atom. The summed E-state index contributed by atoms with van der Waals surface area (Å²) >= 11 is 6.05. The van der Waals surface area contributed by atoms with Crippen LogP contribution in [0, 0.1) is 0 Å².